The Kier molecular flexibility index (Phi) is 7.01. The van der Waals surface area contributed by atoms with Crippen molar-refractivity contribution < 1.29 is 9.59 Å². The molecule has 0 aliphatic carbocycles. The highest BCUT2D eigenvalue weighted by atomic mass is 32.2. The van der Waals surface area contributed by atoms with Gasteiger partial charge in [0.25, 0.3) is 0 Å². The van der Waals surface area contributed by atoms with Gasteiger partial charge in [-0.3, -0.25) is 9.59 Å². The highest BCUT2D eigenvalue weighted by Gasteiger charge is 2.30. The van der Waals surface area contributed by atoms with Gasteiger partial charge in [-0.15, -0.1) is 0 Å². The van der Waals surface area contributed by atoms with E-state index in [1.807, 2.05) is 48.5 Å². The minimum atomic E-state index is -0.217. The van der Waals surface area contributed by atoms with Gasteiger partial charge in [0.15, 0.2) is 10.3 Å². The molecule has 166 valence electrons. The van der Waals surface area contributed by atoms with E-state index in [0.717, 1.165) is 22.1 Å². The number of benzene rings is 2. The Labute approximate surface area is 193 Å². The third-order valence-corrected chi connectivity index (χ3v) is 7.61. The minimum absolute atomic E-state index is 0.0919. The maximum absolute atomic E-state index is 12.3. The molecule has 32 heavy (non-hydrogen) atoms. The van der Waals surface area contributed by atoms with Gasteiger partial charge >= 0.3 is 0 Å². The zero-order chi connectivity index (χ0) is 22.5. The Bertz CT molecular complexity index is 1080. The number of carbonyl (C=O) groups excluding carboxylic acids is 2. The Morgan fingerprint density at radius 2 is 1.19 bits per heavy atom. The number of nitrogens with one attached hydrogen (secondary N) is 4. The molecule has 0 aliphatic heterocycles. The molecule has 0 saturated heterocycles. The molecule has 2 amide bonds. The van der Waals surface area contributed by atoms with E-state index in [-0.39, 0.29) is 35.2 Å². The number of fused-ring (bicyclic) bond motifs is 2. The number of hydrogen-bond acceptors (Lipinski definition) is 6. The Balaban J connectivity index is 1.64. The molecule has 4 rings (SSSR count). The van der Waals surface area contributed by atoms with E-state index in [0.29, 0.717) is 10.3 Å². The van der Waals surface area contributed by atoms with Crippen LogP contribution in [0, 0.1) is 0 Å². The summed E-state index contributed by atoms with van der Waals surface area (Å²) in [6.45, 7) is 0. The molecule has 0 saturated carbocycles. The number of hydrogen-bond donors (Lipinski definition) is 4. The fourth-order valence-corrected chi connectivity index (χ4v) is 5.84. The summed E-state index contributed by atoms with van der Waals surface area (Å²) >= 11 is 2.95. The van der Waals surface area contributed by atoms with E-state index >= 15 is 0 Å². The highest BCUT2D eigenvalue weighted by Crippen LogP contribution is 2.37. The van der Waals surface area contributed by atoms with Crippen LogP contribution in [0.1, 0.15) is 12.8 Å². The molecule has 2 aromatic carbocycles. The molecule has 10 heteroatoms. The number of aromatic amines is 2. The molecule has 2 aromatic heterocycles. The topological polar surface area (TPSA) is 116 Å². The average molecular weight is 469 g/mol. The smallest absolute Gasteiger partial charge is 0.220 e. The highest BCUT2D eigenvalue weighted by molar-refractivity contribution is 8.03. The summed E-state index contributed by atoms with van der Waals surface area (Å²) in [6, 6.07) is 15.6. The molecule has 2 heterocycles. The lowest BCUT2D eigenvalue weighted by atomic mass is 10.1. The van der Waals surface area contributed by atoms with Crippen LogP contribution < -0.4 is 10.6 Å². The summed E-state index contributed by atoms with van der Waals surface area (Å²) < 4.78 is 0. The Hall–Kier alpha value is -2.98. The minimum Gasteiger partial charge on any atom is -0.359 e. The number of aromatic nitrogens is 4. The van der Waals surface area contributed by atoms with E-state index < -0.39 is 0 Å². The molecule has 0 aliphatic rings. The summed E-state index contributed by atoms with van der Waals surface area (Å²) in [7, 11) is 3.23. The maximum Gasteiger partial charge on any atom is 0.220 e. The maximum atomic E-state index is 12.3. The molecule has 0 radical (unpaired) electrons. The van der Waals surface area contributed by atoms with Gasteiger partial charge in [0.05, 0.1) is 22.1 Å². The molecule has 4 N–H and O–H groups in total. The second-order valence-corrected chi connectivity index (χ2v) is 9.64. The van der Waals surface area contributed by atoms with E-state index in [1.165, 1.54) is 23.5 Å². The van der Waals surface area contributed by atoms with Gasteiger partial charge in [0.1, 0.15) is 0 Å². The predicted octanol–water partition coefficient (Wildman–Crippen LogP) is 3.33. The molecule has 8 nitrogen and oxygen atoms in total. The first kappa shape index (κ1) is 22.2. The van der Waals surface area contributed by atoms with Crippen LogP contribution in [0.5, 0.6) is 0 Å². The van der Waals surface area contributed by atoms with Crippen molar-refractivity contribution in [3.63, 3.8) is 0 Å². The van der Waals surface area contributed by atoms with Gasteiger partial charge in [-0.1, -0.05) is 47.8 Å². The summed E-state index contributed by atoms with van der Waals surface area (Å²) in [5, 5.41) is 6.40. The van der Waals surface area contributed by atoms with Crippen LogP contribution in [0.4, 0.5) is 0 Å². The summed E-state index contributed by atoms with van der Waals surface area (Å²) in [5.74, 6) is -0.184. The normalized spacial score (nSPS) is 13.2. The molecule has 0 spiro atoms. The van der Waals surface area contributed by atoms with Crippen LogP contribution in [0.3, 0.4) is 0 Å². The Morgan fingerprint density at radius 1 is 0.781 bits per heavy atom. The van der Waals surface area contributed by atoms with Crippen LogP contribution >= 0.6 is 23.5 Å². The summed E-state index contributed by atoms with van der Waals surface area (Å²) in [5.41, 5.74) is 3.59. The zero-order valence-electron chi connectivity index (χ0n) is 17.7. The van der Waals surface area contributed by atoms with Crippen molar-refractivity contribution in [1.29, 1.82) is 0 Å². The largest absolute Gasteiger partial charge is 0.359 e. The van der Waals surface area contributed by atoms with Gasteiger partial charge in [-0.2, -0.15) is 0 Å². The molecule has 0 bridgehead atoms. The van der Waals surface area contributed by atoms with Gasteiger partial charge < -0.3 is 20.6 Å². The van der Waals surface area contributed by atoms with Crippen molar-refractivity contribution in [2.45, 2.75) is 33.7 Å². The summed E-state index contributed by atoms with van der Waals surface area (Å²) in [4.78, 5) is 40.6. The molecule has 0 fully saturated rings. The molecule has 2 atom stereocenters. The van der Waals surface area contributed by atoms with Crippen LogP contribution in [-0.2, 0) is 9.59 Å². The van der Waals surface area contributed by atoms with E-state index in [1.54, 1.807) is 14.1 Å². The fraction of sp³-hybridized carbons (Fsp3) is 0.273. The number of para-hydroxylation sites is 4. The standard InChI is InChI=1S/C22H24N6O2S2/c1-23-19(29)11-17(31-21-25-13-7-3-4-8-14(13)26-21)18(12-20(30)24-2)32-22-27-15-9-5-6-10-16(15)28-22/h3-10,17-18H,11-12H2,1-2H3,(H,23,29)(H,24,30)(H,25,26)(H,27,28). The number of rotatable bonds is 9. The van der Waals surface area contributed by atoms with Crippen LogP contribution in [-0.4, -0.2) is 56.3 Å². The first-order chi connectivity index (χ1) is 15.6. The number of nitrogens with zero attached hydrogens (tertiary/aromatic N) is 2. The van der Waals surface area contributed by atoms with Gasteiger partial charge in [0, 0.05) is 37.4 Å². The van der Waals surface area contributed by atoms with Crippen LogP contribution in [0.25, 0.3) is 22.1 Å². The zero-order valence-corrected chi connectivity index (χ0v) is 19.3. The van der Waals surface area contributed by atoms with Gasteiger partial charge in [0.2, 0.25) is 11.8 Å². The third kappa shape index (κ3) is 5.25. The second-order valence-electron chi connectivity index (χ2n) is 7.19. The fourth-order valence-electron chi connectivity index (χ4n) is 3.32. The lowest BCUT2D eigenvalue weighted by molar-refractivity contribution is -0.122. The lowest BCUT2D eigenvalue weighted by Crippen LogP contribution is -2.33. The monoisotopic (exact) mass is 468 g/mol. The molecular weight excluding hydrogens is 444 g/mol. The predicted molar refractivity (Wildman–Crippen MR) is 129 cm³/mol. The number of carbonyl (C=O) groups is 2. The van der Waals surface area contributed by atoms with Crippen LogP contribution in [0.2, 0.25) is 0 Å². The SMILES string of the molecule is CNC(=O)CC(Sc1nc2ccccc2[nH]1)C(CC(=O)NC)Sc1nc2ccccc2[nH]1. The summed E-state index contributed by atoms with van der Waals surface area (Å²) in [6.07, 6.45) is 0.486. The average Bonchev–Trinajstić information content (AvgIpc) is 3.40. The second kappa shape index (κ2) is 10.1. The lowest BCUT2D eigenvalue weighted by Gasteiger charge is -2.24. The molecule has 2 unspecified atom stereocenters. The van der Waals surface area contributed by atoms with Crippen LogP contribution in [0.15, 0.2) is 58.8 Å². The Morgan fingerprint density at radius 3 is 1.56 bits per heavy atom. The number of H-pyrrole nitrogens is 2. The van der Waals surface area contributed by atoms with Gasteiger partial charge in [-0.25, -0.2) is 9.97 Å². The van der Waals surface area contributed by atoms with Crippen molar-refractivity contribution in [3.05, 3.63) is 48.5 Å². The van der Waals surface area contributed by atoms with Gasteiger partial charge in [-0.05, 0) is 24.3 Å². The van der Waals surface area contributed by atoms with E-state index in [9.17, 15) is 9.59 Å². The quantitative estimate of drug-likeness (QED) is 0.280. The van der Waals surface area contributed by atoms with E-state index in [2.05, 4.69) is 30.6 Å². The molecule has 4 aromatic rings. The van der Waals surface area contributed by atoms with Crippen molar-refractivity contribution >= 4 is 57.4 Å². The number of imidazole rings is 2. The van der Waals surface area contributed by atoms with E-state index in [4.69, 9.17) is 0 Å². The molecular formula is C22H24N6O2S2. The number of thioether (sulfide) groups is 2. The van der Waals surface area contributed by atoms with Crippen molar-refractivity contribution in [2.24, 2.45) is 0 Å². The third-order valence-electron chi connectivity index (χ3n) is 5.01. The van der Waals surface area contributed by atoms with Crippen molar-refractivity contribution in [3.8, 4) is 0 Å². The first-order valence-electron chi connectivity index (χ1n) is 10.2. The number of amides is 2. The van der Waals surface area contributed by atoms with Crippen molar-refractivity contribution in [2.75, 3.05) is 14.1 Å². The van der Waals surface area contributed by atoms with Crippen molar-refractivity contribution in [1.82, 2.24) is 30.6 Å². The first-order valence-corrected chi connectivity index (χ1v) is 12.0.